The molecule has 108 valence electrons. The third kappa shape index (κ3) is 2.46. The van der Waals surface area contributed by atoms with Gasteiger partial charge in [0.15, 0.2) is 5.58 Å². The van der Waals surface area contributed by atoms with Gasteiger partial charge in [-0.15, -0.1) is 11.6 Å². The zero-order valence-electron chi connectivity index (χ0n) is 10.9. The van der Waals surface area contributed by atoms with Crippen LogP contribution in [-0.2, 0) is 7.05 Å². The highest BCUT2D eigenvalue weighted by Crippen LogP contribution is 2.37. The lowest BCUT2D eigenvalue weighted by Crippen LogP contribution is -2.08. The van der Waals surface area contributed by atoms with Crippen LogP contribution < -0.4 is 5.76 Å². The second-order valence-corrected chi connectivity index (χ2v) is 5.88. The Balaban J connectivity index is 2.11. The van der Waals surface area contributed by atoms with Crippen molar-refractivity contribution in [1.82, 2.24) is 4.57 Å². The minimum Gasteiger partial charge on any atom is -0.408 e. The van der Waals surface area contributed by atoms with Gasteiger partial charge in [-0.1, -0.05) is 41.4 Å². The number of alkyl halides is 1. The predicted octanol–water partition coefficient (Wildman–Crippen LogP) is 4.77. The first-order chi connectivity index (χ1) is 9.99. The third-order valence-corrected chi connectivity index (χ3v) is 4.68. The molecule has 0 aliphatic rings. The number of aryl methyl sites for hydroxylation is 1. The van der Waals surface area contributed by atoms with Gasteiger partial charge < -0.3 is 4.42 Å². The number of benzene rings is 2. The molecule has 2 aromatic carbocycles. The number of hydrogen-bond donors (Lipinski definition) is 0. The summed E-state index contributed by atoms with van der Waals surface area (Å²) in [5, 5.41) is 0.395. The van der Waals surface area contributed by atoms with E-state index in [1.165, 1.54) is 4.57 Å². The molecule has 1 aromatic heterocycles. The van der Waals surface area contributed by atoms with Crippen molar-refractivity contribution in [1.29, 1.82) is 0 Å². The Labute approximate surface area is 135 Å². The van der Waals surface area contributed by atoms with E-state index >= 15 is 0 Å². The molecule has 1 atom stereocenters. The Morgan fingerprint density at radius 1 is 1.19 bits per heavy atom. The SMILES string of the molecule is Cn1c(=O)oc2cc(C(Cl)c3cccc(Cl)c3Cl)ccc21. The van der Waals surface area contributed by atoms with Crippen molar-refractivity contribution in [2.75, 3.05) is 0 Å². The van der Waals surface area contributed by atoms with E-state index < -0.39 is 11.1 Å². The van der Waals surface area contributed by atoms with Gasteiger partial charge in [0.1, 0.15) is 0 Å². The van der Waals surface area contributed by atoms with Gasteiger partial charge >= 0.3 is 5.76 Å². The molecule has 1 heterocycles. The van der Waals surface area contributed by atoms with E-state index in [0.717, 1.165) is 5.56 Å². The largest absolute Gasteiger partial charge is 0.419 e. The lowest BCUT2D eigenvalue weighted by Gasteiger charge is -2.13. The fourth-order valence-electron chi connectivity index (χ4n) is 2.20. The normalized spacial score (nSPS) is 12.8. The Morgan fingerprint density at radius 2 is 1.95 bits per heavy atom. The molecule has 0 saturated carbocycles. The average molecular weight is 343 g/mol. The minimum absolute atomic E-state index is 0.408. The van der Waals surface area contributed by atoms with E-state index in [-0.39, 0.29) is 0 Å². The number of nitrogens with zero attached hydrogens (tertiary/aromatic N) is 1. The molecule has 0 aliphatic carbocycles. The maximum atomic E-state index is 11.5. The molecule has 21 heavy (non-hydrogen) atoms. The Bertz CT molecular complexity index is 882. The van der Waals surface area contributed by atoms with Crippen LogP contribution in [0.15, 0.2) is 45.6 Å². The minimum atomic E-state index is -0.480. The van der Waals surface area contributed by atoms with Crippen LogP contribution >= 0.6 is 34.8 Å². The Morgan fingerprint density at radius 3 is 2.71 bits per heavy atom. The van der Waals surface area contributed by atoms with Crippen molar-refractivity contribution in [3.63, 3.8) is 0 Å². The average Bonchev–Trinajstić information content (AvgIpc) is 2.76. The molecule has 0 N–H and O–H groups in total. The van der Waals surface area contributed by atoms with Crippen molar-refractivity contribution < 1.29 is 4.42 Å². The molecule has 0 aliphatic heterocycles. The van der Waals surface area contributed by atoms with Crippen molar-refractivity contribution in [2.24, 2.45) is 7.05 Å². The number of oxazole rings is 1. The Hall–Kier alpha value is -1.42. The van der Waals surface area contributed by atoms with E-state index in [4.69, 9.17) is 39.2 Å². The van der Waals surface area contributed by atoms with Gasteiger partial charge in [-0.25, -0.2) is 4.79 Å². The number of fused-ring (bicyclic) bond motifs is 1. The van der Waals surface area contributed by atoms with Crippen LogP contribution in [0.3, 0.4) is 0 Å². The maximum absolute atomic E-state index is 11.5. The van der Waals surface area contributed by atoms with Gasteiger partial charge in [-0.2, -0.15) is 0 Å². The summed E-state index contributed by atoms with van der Waals surface area (Å²) in [6, 6.07) is 10.7. The third-order valence-electron chi connectivity index (χ3n) is 3.36. The second-order valence-electron chi connectivity index (χ2n) is 4.66. The number of halogens is 3. The standard InChI is InChI=1S/C15H10Cl3NO2/c1-19-11-6-5-8(7-12(11)21-15(19)20)13(17)9-3-2-4-10(16)14(9)18/h2-7,13H,1H3. The highest BCUT2D eigenvalue weighted by atomic mass is 35.5. The number of aromatic nitrogens is 1. The van der Waals surface area contributed by atoms with E-state index in [0.29, 0.717) is 26.7 Å². The van der Waals surface area contributed by atoms with Crippen molar-refractivity contribution >= 4 is 45.9 Å². The highest BCUT2D eigenvalue weighted by molar-refractivity contribution is 6.43. The summed E-state index contributed by atoms with van der Waals surface area (Å²) in [7, 11) is 1.65. The molecule has 0 bridgehead atoms. The van der Waals surface area contributed by atoms with Crippen LogP contribution in [0.4, 0.5) is 0 Å². The molecule has 0 amide bonds. The van der Waals surface area contributed by atoms with Gasteiger partial charge in [0.05, 0.1) is 20.9 Å². The molecule has 3 nitrogen and oxygen atoms in total. The lowest BCUT2D eigenvalue weighted by atomic mass is 10.0. The smallest absolute Gasteiger partial charge is 0.408 e. The molecule has 0 saturated heterocycles. The molecule has 1 unspecified atom stereocenters. The second kappa shape index (κ2) is 5.41. The summed E-state index contributed by atoms with van der Waals surface area (Å²) in [5.41, 5.74) is 2.69. The molecule has 3 rings (SSSR count). The summed E-state index contributed by atoms with van der Waals surface area (Å²) in [6.07, 6.45) is 0. The van der Waals surface area contributed by atoms with Crippen molar-refractivity contribution in [3.8, 4) is 0 Å². The van der Waals surface area contributed by atoms with E-state index in [2.05, 4.69) is 0 Å². The van der Waals surface area contributed by atoms with Gasteiger partial charge in [-0.3, -0.25) is 4.57 Å². The monoisotopic (exact) mass is 341 g/mol. The topological polar surface area (TPSA) is 35.1 Å². The Kier molecular flexibility index (Phi) is 3.74. The van der Waals surface area contributed by atoms with E-state index in [9.17, 15) is 4.79 Å². The van der Waals surface area contributed by atoms with Crippen LogP contribution in [0.25, 0.3) is 11.1 Å². The summed E-state index contributed by atoms with van der Waals surface area (Å²) in [6.45, 7) is 0. The van der Waals surface area contributed by atoms with E-state index in [1.807, 2.05) is 12.1 Å². The van der Waals surface area contributed by atoms with E-state index in [1.54, 1.807) is 31.3 Å². The lowest BCUT2D eigenvalue weighted by molar-refractivity contribution is 0.528. The van der Waals surface area contributed by atoms with Gasteiger partial charge in [0.25, 0.3) is 0 Å². The van der Waals surface area contributed by atoms with Crippen molar-refractivity contribution in [2.45, 2.75) is 5.38 Å². The van der Waals surface area contributed by atoms with Crippen LogP contribution in [-0.4, -0.2) is 4.57 Å². The van der Waals surface area contributed by atoms with Gasteiger partial charge in [-0.05, 0) is 29.3 Å². The first kappa shape index (κ1) is 14.5. The highest BCUT2D eigenvalue weighted by Gasteiger charge is 2.17. The first-order valence-corrected chi connectivity index (χ1v) is 7.35. The fraction of sp³-hybridized carbons (Fsp3) is 0.133. The molecule has 0 radical (unpaired) electrons. The van der Waals surface area contributed by atoms with Gasteiger partial charge in [0.2, 0.25) is 0 Å². The van der Waals surface area contributed by atoms with Crippen LogP contribution in [0.2, 0.25) is 10.0 Å². The molecular formula is C15H10Cl3NO2. The summed E-state index contributed by atoms with van der Waals surface area (Å²) < 4.78 is 6.61. The zero-order valence-corrected chi connectivity index (χ0v) is 13.2. The molecule has 3 aromatic rings. The molecular weight excluding hydrogens is 333 g/mol. The fourth-order valence-corrected chi connectivity index (χ4v) is 2.99. The maximum Gasteiger partial charge on any atom is 0.419 e. The predicted molar refractivity (Wildman–Crippen MR) is 85.6 cm³/mol. The van der Waals surface area contributed by atoms with Crippen molar-refractivity contribution in [3.05, 3.63) is 68.1 Å². The zero-order chi connectivity index (χ0) is 15.1. The molecule has 0 fully saturated rings. The first-order valence-electron chi connectivity index (χ1n) is 6.16. The van der Waals surface area contributed by atoms with Gasteiger partial charge in [0, 0.05) is 7.05 Å². The quantitative estimate of drug-likeness (QED) is 0.629. The van der Waals surface area contributed by atoms with Crippen LogP contribution in [0.5, 0.6) is 0 Å². The molecule has 6 heteroatoms. The number of hydrogen-bond acceptors (Lipinski definition) is 2. The number of rotatable bonds is 2. The summed E-state index contributed by atoms with van der Waals surface area (Å²) in [4.78, 5) is 11.5. The summed E-state index contributed by atoms with van der Waals surface area (Å²) >= 11 is 18.7. The molecule has 0 spiro atoms. The summed E-state index contributed by atoms with van der Waals surface area (Å²) in [5.74, 6) is -0.408. The van der Waals surface area contributed by atoms with Crippen LogP contribution in [0.1, 0.15) is 16.5 Å². The van der Waals surface area contributed by atoms with Crippen LogP contribution in [0, 0.1) is 0 Å².